The lowest BCUT2D eigenvalue weighted by atomic mass is 10.1. The Hall–Kier alpha value is -2.37. The van der Waals surface area contributed by atoms with Crippen molar-refractivity contribution in [3.63, 3.8) is 0 Å². The highest BCUT2D eigenvalue weighted by Gasteiger charge is 2.48. The van der Waals surface area contributed by atoms with Gasteiger partial charge in [0.1, 0.15) is 12.6 Å². The number of carbonyl (C=O) groups is 1. The minimum Gasteiger partial charge on any atom is -0.480 e. The number of morpholine rings is 1. The third-order valence-electron chi connectivity index (χ3n) is 4.66. The molecule has 2 aliphatic heterocycles. The number of anilines is 2. The zero-order chi connectivity index (χ0) is 19.9. The third kappa shape index (κ3) is 3.57. The summed E-state index contributed by atoms with van der Waals surface area (Å²) in [6.45, 7) is 0.968. The number of carboxylic acid groups (broad SMARTS) is 1. The first-order valence-corrected chi connectivity index (χ1v) is 8.31. The van der Waals surface area contributed by atoms with Gasteiger partial charge in [-0.15, -0.1) is 0 Å². The molecule has 1 aromatic heterocycles. The van der Waals surface area contributed by atoms with Gasteiger partial charge in [-0.1, -0.05) is 0 Å². The average Bonchev–Trinajstić information content (AvgIpc) is 2.57. The Bertz CT molecular complexity index is 797. The average molecular weight is 394 g/mol. The molecule has 0 radical (unpaired) electrons. The maximum absolute atomic E-state index is 14.6. The number of aromatic nitrogens is 2. The van der Waals surface area contributed by atoms with E-state index in [1.54, 1.807) is 6.92 Å². The largest absolute Gasteiger partial charge is 0.480 e. The maximum atomic E-state index is 14.6. The molecular formula is C15H18F4N4O4. The summed E-state index contributed by atoms with van der Waals surface area (Å²) in [5, 5.41) is 9.03. The van der Waals surface area contributed by atoms with E-state index in [4.69, 9.17) is 9.84 Å². The Kier molecular flexibility index (Phi) is 5.02. The summed E-state index contributed by atoms with van der Waals surface area (Å²) in [5.41, 5.74) is -1.12. The van der Waals surface area contributed by atoms with Crippen LogP contribution in [0.1, 0.15) is 13.3 Å². The Morgan fingerprint density at radius 3 is 2.67 bits per heavy atom. The molecule has 1 aromatic rings. The van der Waals surface area contributed by atoms with Gasteiger partial charge in [0.15, 0.2) is 5.82 Å². The van der Waals surface area contributed by atoms with Crippen LogP contribution in [0, 0.1) is 5.82 Å². The van der Waals surface area contributed by atoms with Crippen molar-refractivity contribution in [3.8, 4) is 0 Å². The molecule has 0 aromatic carbocycles. The summed E-state index contributed by atoms with van der Waals surface area (Å²) in [5.74, 6) is -3.57. The second-order valence-corrected chi connectivity index (χ2v) is 6.49. The molecule has 150 valence electrons. The van der Waals surface area contributed by atoms with Crippen LogP contribution in [0.5, 0.6) is 0 Å². The number of aliphatic carboxylic acids is 1. The zero-order valence-corrected chi connectivity index (χ0v) is 14.4. The molecular weight excluding hydrogens is 376 g/mol. The second-order valence-electron chi connectivity index (χ2n) is 6.49. The van der Waals surface area contributed by atoms with Crippen LogP contribution < -0.4 is 15.4 Å². The normalized spacial score (nSPS) is 23.3. The molecule has 0 unspecified atom stereocenters. The molecule has 0 amide bonds. The van der Waals surface area contributed by atoms with E-state index in [0.29, 0.717) is 4.90 Å². The quantitative estimate of drug-likeness (QED) is 0.760. The van der Waals surface area contributed by atoms with Crippen LogP contribution in [0.15, 0.2) is 4.79 Å². The van der Waals surface area contributed by atoms with E-state index in [1.165, 1.54) is 4.90 Å². The number of rotatable bonds is 3. The van der Waals surface area contributed by atoms with Crippen molar-refractivity contribution in [2.75, 3.05) is 36.1 Å². The zero-order valence-electron chi connectivity index (χ0n) is 14.4. The Morgan fingerprint density at radius 1 is 1.37 bits per heavy atom. The van der Waals surface area contributed by atoms with Crippen molar-refractivity contribution in [1.29, 1.82) is 0 Å². The molecule has 2 atom stereocenters. The van der Waals surface area contributed by atoms with Crippen LogP contribution in [0.2, 0.25) is 0 Å². The number of ether oxygens (including phenoxy) is 1. The van der Waals surface area contributed by atoms with Crippen LogP contribution in [-0.2, 0) is 16.1 Å². The monoisotopic (exact) mass is 394 g/mol. The van der Waals surface area contributed by atoms with Gasteiger partial charge < -0.3 is 19.6 Å². The van der Waals surface area contributed by atoms with Crippen LogP contribution in [0.4, 0.5) is 29.3 Å². The van der Waals surface area contributed by atoms with E-state index in [0.717, 1.165) is 4.57 Å². The van der Waals surface area contributed by atoms with Gasteiger partial charge in [0, 0.05) is 13.1 Å². The number of halogens is 4. The molecule has 0 aliphatic carbocycles. The van der Waals surface area contributed by atoms with E-state index < -0.39 is 55.0 Å². The molecule has 2 aliphatic rings. The standard InChI is InChI=1S/C15H18F4N4O4/c1-8-7-27-5-4-21(8)12-11(16)13(26)22-3-2-9(15(17,18)19)23(6-10(24)25)14(22)20-12/h8-9H,2-7H2,1H3,(H,24,25)/t8-,9+/m1/s1. The predicted octanol–water partition coefficient (Wildman–Crippen LogP) is 0.833. The first-order valence-electron chi connectivity index (χ1n) is 8.31. The molecule has 3 heterocycles. The van der Waals surface area contributed by atoms with Gasteiger partial charge in [0.25, 0.3) is 5.56 Å². The lowest BCUT2D eigenvalue weighted by Crippen LogP contribution is -2.55. The highest BCUT2D eigenvalue weighted by atomic mass is 19.4. The van der Waals surface area contributed by atoms with Crippen molar-refractivity contribution in [1.82, 2.24) is 9.55 Å². The number of nitrogens with zero attached hydrogens (tertiary/aromatic N) is 4. The molecule has 27 heavy (non-hydrogen) atoms. The molecule has 12 heteroatoms. The first kappa shape index (κ1) is 19.4. The van der Waals surface area contributed by atoms with Crippen LogP contribution in [0.25, 0.3) is 0 Å². The van der Waals surface area contributed by atoms with E-state index in [2.05, 4.69) is 4.98 Å². The second kappa shape index (κ2) is 6.98. The summed E-state index contributed by atoms with van der Waals surface area (Å²) in [6.07, 6.45) is -5.29. The highest BCUT2D eigenvalue weighted by Crippen LogP contribution is 2.34. The fourth-order valence-electron chi connectivity index (χ4n) is 3.38. The van der Waals surface area contributed by atoms with E-state index in [1.807, 2.05) is 0 Å². The van der Waals surface area contributed by atoms with E-state index in [-0.39, 0.29) is 31.6 Å². The fourth-order valence-corrected chi connectivity index (χ4v) is 3.38. The molecule has 0 saturated carbocycles. The molecule has 1 fully saturated rings. The van der Waals surface area contributed by atoms with Gasteiger partial charge in [0.05, 0.1) is 19.3 Å². The summed E-state index contributed by atoms with van der Waals surface area (Å²) in [7, 11) is 0. The van der Waals surface area contributed by atoms with Gasteiger partial charge in [-0.25, -0.2) is 0 Å². The van der Waals surface area contributed by atoms with Crippen LogP contribution >= 0.6 is 0 Å². The smallest absolute Gasteiger partial charge is 0.408 e. The highest BCUT2D eigenvalue weighted by molar-refractivity contribution is 5.73. The fraction of sp³-hybridized carbons (Fsp3) is 0.667. The molecule has 0 bridgehead atoms. The van der Waals surface area contributed by atoms with Crippen molar-refractivity contribution in [3.05, 3.63) is 16.2 Å². The number of alkyl halides is 3. The minimum atomic E-state index is -4.72. The SMILES string of the molecule is C[C@@H]1COCCN1c1nc2n(c(=O)c1F)CC[C@@H](C(F)(F)F)N2CC(=O)O. The summed E-state index contributed by atoms with van der Waals surface area (Å²) < 4.78 is 60.8. The van der Waals surface area contributed by atoms with Crippen molar-refractivity contribution < 1.29 is 32.2 Å². The van der Waals surface area contributed by atoms with Gasteiger partial charge >= 0.3 is 12.1 Å². The first-order chi connectivity index (χ1) is 12.6. The Balaban J connectivity index is 2.13. The number of fused-ring (bicyclic) bond motifs is 1. The van der Waals surface area contributed by atoms with E-state index >= 15 is 0 Å². The van der Waals surface area contributed by atoms with Crippen molar-refractivity contribution in [2.24, 2.45) is 0 Å². The van der Waals surface area contributed by atoms with E-state index in [9.17, 15) is 27.2 Å². The number of carboxylic acids is 1. The van der Waals surface area contributed by atoms with Crippen molar-refractivity contribution >= 4 is 17.7 Å². The predicted molar refractivity (Wildman–Crippen MR) is 85.5 cm³/mol. The van der Waals surface area contributed by atoms with Gasteiger partial charge in [-0.2, -0.15) is 22.5 Å². The summed E-state index contributed by atoms with van der Waals surface area (Å²) in [6, 6.07) is -2.47. The summed E-state index contributed by atoms with van der Waals surface area (Å²) >= 11 is 0. The summed E-state index contributed by atoms with van der Waals surface area (Å²) in [4.78, 5) is 29.4. The van der Waals surface area contributed by atoms with Crippen molar-refractivity contribution in [2.45, 2.75) is 38.1 Å². The van der Waals surface area contributed by atoms with Gasteiger partial charge in [-0.3, -0.25) is 14.2 Å². The van der Waals surface area contributed by atoms with Crippen LogP contribution in [0.3, 0.4) is 0 Å². The maximum Gasteiger partial charge on any atom is 0.408 e. The molecule has 8 nitrogen and oxygen atoms in total. The molecule has 0 spiro atoms. The number of hydrogen-bond donors (Lipinski definition) is 1. The lowest BCUT2D eigenvalue weighted by molar-refractivity contribution is -0.154. The van der Waals surface area contributed by atoms with Gasteiger partial charge in [0.2, 0.25) is 11.8 Å². The Labute approximate surface area is 150 Å². The third-order valence-corrected chi connectivity index (χ3v) is 4.66. The molecule has 1 N–H and O–H groups in total. The van der Waals surface area contributed by atoms with Crippen LogP contribution in [-0.4, -0.2) is 65.2 Å². The van der Waals surface area contributed by atoms with Gasteiger partial charge in [-0.05, 0) is 13.3 Å². The lowest BCUT2D eigenvalue weighted by Gasteiger charge is -2.39. The number of hydrogen-bond acceptors (Lipinski definition) is 6. The Morgan fingerprint density at radius 2 is 2.07 bits per heavy atom. The topological polar surface area (TPSA) is 87.9 Å². The molecule has 1 saturated heterocycles. The minimum absolute atomic E-state index is 0.204. The molecule has 3 rings (SSSR count).